The summed E-state index contributed by atoms with van der Waals surface area (Å²) in [7, 11) is -0.923. The number of para-hydroxylation sites is 1. The number of hydrazine groups is 1. The molecular formula is C24H26N4O6S. The summed E-state index contributed by atoms with van der Waals surface area (Å²) in [4.78, 5) is 37.2. The van der Waals surface area contributed by atoms with Crippen molar-refractivity contribution in [2.45, 2.75) is 17.7 Å². The van der Waals surface area contributed by atoms with Crippen LogP contribution in [-0.4, -0.2) is 55.3 Å². The minimum Gasteiger partial charge on any atom is -0.465 e. The van der Waals surface area contributed by atoms with E-state index in [0.29, 0.717) is 5.56 Å². The summed E-state index contributed by atoms with van der Waals surface area (Å²) in [5, 5.41) is 0.771. The third-order valence-electron chi connectivity index (χ3n) is 6.18. The number of aryl methyl sites for hydroxylation is 1. The number of rotatable bonds is 5. The van der Waals surface area contributed by atoms with Crippen molar-refractivity contribution in [3.63, 3.8) is 0 Å². The number of hydrogen-bond donors (Lipinski definition) is 2. The third-order valence-corrected chi connectivity index (χ3v) is 8.13. The minimum atomic E-state index is -3.95. The Morgan fingerprint density at radius 1 is 0.943 bits per heavy atom. The van der Waals surface area contributed by atoms with Crippen molar-refractivity contribution in [2.75, 3.05) is 20.2 Å². The number of methoxy groups -OCH3 is 1. The molecule has 0 unspecified atom stereocenters. The molecule has 2 N–H and O–H groups in total. The maximum absolute atomic E-state index is 13.1. The van der Waals surface area contributed by atoms with Crippen LogP contribution in [0.2, 0.25) is 0 Å². The molecule has 0 atom stereocenters. The molecule has 3 aromatic rings. The molecule has 0 bridgehead atoms. The molecule has 35 heavy (non-hydrogen) atoms. The van der Waals surface area contributed by atoms with Crippen molar-refractivity contribution < 1.29 is 27.5 Å². The smallest absolute Gasteiger partial charge is 0.339 e. The van der Waals surface area contributed by atoms with Gasteiger partial charge in [0, 0.05) is 43.2 Å². The van der Waals surface area contributed by atoms with Crippen LogP contribution in [0.4, 0.5) is 0 Å². The van der Waals surface area contributed by atoms with Crippen LogP contribution in [0.3, 0.4) is 0 Å². The van der Waals surface area contributed by atoms with E-state index in [9.17, 15) is 22.8 Å². The van der Waals surface area contributed by atoms with Crippen molar-refractivity contribution in [1.29, 1.82) is 0 Å². The third kappa shape index (κ3) is 4.77. The Morgan fingerprint density at radius 2 is 1.60 bits per heavy atom. The van der Waals surface area contributed by atoms with Crippen LogP contribution in [0.5, 0.6) is 0 Å². The van der Waals surface area contributed by atoms with Crippen LogP contribution in [-0.2, 0) is 26.6 Å². The first-order valence-corrected chi connectivity index (χ1v) is 12.5. The van der Waals surface area contributed by atoms with Gasteiger partial charge in [0.2, 0.25) is 15.9 Å². The summed E-state index contributed by atoms with van der Waals surface area (Å²) in [5.74, 6) is -2.02. The number of amides is 2. The first-order valence-electron chi connectivity index (χ1n) is 11.1. The Labute approximate surface area is 202 Å². The van der Waals surface area contributed by atoms with Gasteiger partial charge in [-0.1, -0.05) is 30.3 Å². The lowest BCUT2D eigenvalue weighted by Gasteiger charge is -2.30. The van der Waals surface area contributed by atoms with Gasteiger partial charge in [0.25, 0.3) is 5.91 Å². The van der Waals surface area contributed by atoms with E-state index in [1.165, 1.54) is 29.6 Å². The number of nitrogens with zero attached hydrogens (tertiary/aromatic N) is 2. The predicted molar refractivity (Wildman–Crippen MR) is 128 cm³/mol. The second-order valence-electron chi connectivity index (χ2n) is 8.28. The topological polar surface area (TPSA) is 127 Å². The van der Waals surface area contributed by atoms with Crippen molar-refractivity contribution in [3.05, 3.63) is 65.9 Å². The highest BCUT2D eigenvalue weighted by molar-refractivity contribution is 7.89. The molecule has 2 aromatic carbocycles. The lowest BCUT2D eigenvalue weighted by Crippen LogP contribution is -2.48. The molecule has 1 aromatic heterocycles. The summed E-state index contributed by atoms with van der Waals surface area (Å²) >= 11 is 0. The molecule has 0 radical (unpaired) electrons. The number of carbonyl (C=O) groups is 3. The van der Waals surface area contributed by atoms with Crippen molar-refractivity contribution >= 4 is 38.7 Å². The molecule has 1 fully saturated rings. The number of piperidine rings is 1. The van der Waals surface area contributed by atoms with E-state index >= 15 is 0 Å². The second-order valence-corrected chi connectivity index (χ2v) is 10.2. The number of benzene rings is 2. The van der Waals surface area contributed by atoms with Crippen LogP contribution in [0, 0.1) is 5.92 Å². The second kappa shape index (κ2) is 9.88. The molecule has 10 nitrogen and oxygen atoms in total. The van der Waals surface area contributed by atoms with Gasteiger partial charge in [0.05, 0.1) is 23.1 Å². The highest BCUT2D eigenvalue weighted by atomic mass is 32.2. The molecule has 11 heteroatoms. The zero-order chi connectivity index (χ0) is 25.2. The molecule has 0 saturated carbocycles. The molecule has 1 saturated heterocycles. The lowest BCUT2D eigenvalue weighted by molar-refractivity contribution is -0.126. The fourth-order valence-corrected chi connectivity index (χ4v) is 5.93. The predicted octanol–water partition coefficient (Wildman–Crippen LogP) is 1.83. The first kappa shape index (κ1) is 24.4. The van der Waals surface area contributed by atoms with E-state index < -0.39 is 27.8 Å². The van der Waals surface area contributed by atoms with Crippen molar-refractivity contribution in [3.8, 4) is 0 Å². The molecule has 2 amide bonds. The summed E-state index contributed by atoms with van der Waals surface area (Å²) in [6, 6.07) is 13.3. The number of nitrogens with one attached hydrogen (secondary N) is 2. The van der Waals surface area contributed by atoms with Gasteiger partial charge < -0.3 is 9.30 Å². The molecule has 4 rings (SSSR count). The van der Waals surface area contributed by atoms with Crippen LogP contribution in [0.15, 0.2) is 59.6 Å². The van der Waals surface area contributed by atoms with E-state index in [2.05, 4.69) is 10.9 Å². The number of esters is 1. The van der Waals surface area contributed by atoms with E-state index in [1.54, 1.807) is 12.3 Å². The van der Waals surface area contributed by atoms with E-state index in [-0.39, 0.29) is 42.3 Å². The van der Waals surface area contributed by atoms with Crippen LogP contribution < -0.4 is 10.9 Å². The summed E-state index contributed by atoms with van der Waals surface area (Å²) in [5.41, 5.74) is 6.22. The fraction of sp³-hybridized carbons (Fsp3) is 0.292. The summed E-state index contributed by atoms with van der Waals surface area (Å²) in [6.45, 7) is 0.209. The Bertz CT molecular complexity index is 1390. The van der Waals surface area contributed by atoms with Gasteiger partial charge >= 0.3 is 5.97 Å². The Balaban J connectivity index is 1.37. The van der Waals surface area contributed by atoms with Crippen molar-refractivity contribution in [1.82, 2.24) is 19.7 Å². The van der Waals surface area contributed by atoms with Crippen molar-refractivity contribution in [2.24, 2.45) is 13.0 Å². The molecule has 1 aliphatic heterocycles. The average Bonchev–Trinajstić information content (AvgIpc) is 3.23. The monoisotopic (exact) mass is 498 g/mol. The molecular weight excluding hydrogens is 472 g/mol. The molecule has 0 spiro atoms. The van der Waals surface area contributed by atoms with Gasteiger partial charge in [-0.3, -0.25) is 20.4 Å². The maximum atomic E-state index is 13.1. The highest BCUT2D eigenvalue weighted by Crippen LogP contribution is 2.26. The number of hydrogen-bond acceptors (Lipinski definition) is 6. The van der Waals surface area contributed by atoms with Crippen LogP contribution >= 0.6 is 0 Å². The maximum Gasteiger partial charge on any atom is 0.339 e. The number of fused-ring (bicyclic) bond motifs is 1. The molecule has 2 heterocycles. The normalized spacial score (nSPS) is 15.0. The summed E-state index contributed by atoms with van der Waals surface area (Å²) in [6.07, 6.45) is 2.24. The molecule has 1 aliphatic rings. The van der Waals surface area contributed by atoms with Gasteiger partial charge in [0.15, 0.2) is 0 Å². The highest BCUT2D eigenvalue weighted by Gasteiger charge is 2.34. The number of aromatic nitrogens is 1. The molecule has 184 valence electrons. The SMILES string of the molecule is COC(=O)c1ccccc1S(=O)(=O)N1CCC(C(=O)NNC(=O)c2cn(C)c3ccccc23)CC1. The Hall–Kier alpha value is -3.70. The van der Waals surface area contributed by atoms with Crippen LogP contribution in [0.25, 0.3) is 10.9 Å². The van der Waals surface area contributed by atoms with Gasteiger partial charge in [-0.2, -0.15) is 4.31 Å². The van der Waals surface area contributed by atoms with Crippen LogP contribution in [0.1, 0.15) is 33.6 Å². The summed E-state index contributed by atoms with van der Waals surface area (Å²) < 4.78 is 34.1. The average molecular weight is 499 g/mol. The Kier molecular flexibility index (Phi) is 6.90. The minimum absolute atomic E-state index is 0.0361. The van der Waals surface area contributed by atoms with Gasteiger partial charge in [-0.15, -0.1) is 0 Å². The first-order chi connectivity index (χ1) is 16.7. The van der Waals surface area contributed by atoms with E-state index in [1.807, 2.05) is 35.9 Å². The Morgan fingerprint density at radius 3 is 2.31 bits per heavy atom. The molecule has 0 aliphatic carbocycles. The number of ether oxygens (including phenoxy) is 1. The van der Waals surface area contributed by atoms with Gasteiger partial charge in [-0.25, -0.2) is 13.2 Å². The van der Waals surface area contributed by atoms with E-state index in [0.717, 1.165) is 10.9 Å². The zero-order valence-electron chi connectivity index (χ0n) is 19.4. The van der Waals surface area contributed by atoms with E-state index in [4.69, 9.17) is 4.74 Å². The lowest BCUT2D eigenvalue weighted by atomic mass is 9.98. The standard InChI is InChI=1S/C24H26N4O6S/c1-27-15-19(17-7-3-5-9-20(17)27)23(30)26-25-22(29)16-11-13-28(14-12-16)35(32,33)21-10-6-4-8-18(21)24(31)34-2/h3-10,15-16H,11-14H2,1-2H3,(H,25,29)(H,26,30). The largest absolute Gasteiger partial charge is 0.465 e. The quantitative estimate of drug-likeness (QED) is 0.408. The zero-order valence-corrected chi connectivity index (χ0v) is 20.2. The van der Waals surface area contributed by atoms with Gasteiger partial charge in [0.1, 0.15) is 0 Å². The fourth-order valence-electron chi connectivity index (χ4n) is 4.28. The number of carbonyl (C=O) groups excluding carboxylic acids is 3. The van der Waals surface area contributed by atoms with Gasteiger partial charge in [-0.05, 0) is 31.0 Å². The number of sulfonamides is 1.